The van der Waals surface area contributed by atoms with Crippen LogP contribution in [0.5, 0.6) is 0 Å². The van der Waals surface area contributed by atoms with Gasteiger partial charge in [-0.3, -0.25) is 5.32 Å². The molecule has 1 aromatic carbocycles. The molecule has 18 heavy (non-hydrogen) atoms. The first-order valence-electron chi connectivity index (χ1n) is 6.00. The molecule has 2 unspecified atom stereocenters. The van der Waals surface area contributed by atoms with Crippen LogP contribution in [0.15, 0.2) is 18.2 Å². The number of benzene rings is 1. The van der Waals surface area contributed by atoms with E-state index in [-0.39, 0.29) is 12.1 Å². The Hall–Kier alpha value is -0.720. The summed E-state index contributed by atoms with van der Waals surface area (Å²) in [4.78, 5) is 0. The number of rotatable bonds is 6. The predicted molar refractivity (Wildman–Crippen MR) is 78.9 cm³/mol. The first-order chi connectivity index (χ1) is 8.63. The molecule has 0 saturated carbocycles. The molecule has 1 rings (SSSR count). The molecular formula is C14H18Cl2N2. The Balaban J connectivity index is 2.93. The summed E-state index contributed by atoms with van der Waals surface area (Å²) in [5.74, 6) is 2.72. The summed E-state index contributed by atoms with van der Waals surface area (Å²) in [6.07, 6.45) is 7.40. The van der Waals surface area contributed by atoms with Gasteiger partial charge in [0.05, 0.1) is 6.04 Å². The van der Waals surface area contributed by atoms with Crippen LogP contribution in [0.3, 0.4) is 0 Å². The second-order valence-corrected chi connectivity index (χ2v) is 4.91. The summed E-state index contributed by atoms with van der Waals surface area (Å²) in [6.45, 7) is 2.48. The van der Waals surface area contributed by atoms with Gasteiger partial charge in [-0.1, -0.05) is 48.5 Å². The second kappa shape index (κ2) is 7.66. The molecule has 3 N–H and O–H groups in total. The highest BCUT2D eigenvalue weighted by Gasteiger charge is 2.19. The highest BCUT2D eigenvalue weighted by Crippen LogP contribution is 2.30. The van der Waals surface area contributed by atoms with Crippen LogP contribution in [-0.4, -0.2) is 12.6 Å². The lowest BCUT2D eigenvalue weighted by Crippen LogP contribution is -2.36. The molecule has 4 heteroatoms. The van der Waals surface area contributed by atoms with Gasteiger partial charge in [-0.25, -0.2) is 0 Å². The monoisotopic (exact) mass is 284 g/mol. The molecule has 0 heterocycles. The van der Waals surface area contributed by atoms with E-state index in [1.165, 1.54) is 0 Å². The van der Waals surface area contributed by atoms with Gasteiger partial charge in [-0.2, -0.15) is 0 Å². The van der Waals surface area contributed by atoms with Crippen molar-refractivity contribution in [2.24, 2.45) is 5.73 Å². The van der Waals surface area contributed by atoms with Crippen LogP contribution in [0.1, 0.15) is 31.4 Å². The predicted octanol–water partition coefficient (Wildman–Crippen LogP) is 3.38. The maximum Gasteiger partial charge on any atom is 0.0692 e. The topological polar surface area (TPSA) is 38.0 Å². The molecule has 0 aliphatic heterocycles. The average Bonchev–Trinajstić information content (AvgIpc) is 2.36. The van der Waals surface area contributed by atoms with Gasteiger partial charge in [0.25, 0.3) is 0 Å². The van der Waals surface area contributed by atoms with Gasteiger partial charge in [0, 0.05) is 28.2 Å². The van der Waals surface area contributed by atoms with Crippen LogP contribution in [-0.2, 0) is 0 Å². The molecule has 1 aromatic rings. The third-order valence-electron chi connectivity index (χ3n) is 2.76. The second-order valence-electron chi connectivity index (χ2n) is 4.10. The minimum absolute atomic E-state index is 0.0177. The maximum atomic E-state index is 6.18. The molecule has 0 aliphatic rings. The van der Waals surface area contributed by atoms with E-state index in [0.717, 1.165) is 18.4 Å². The Labute approximate surface area is 119 Å². The van der Waals surface area contributed by atoms with Gasteiger partial charge in [-0.05, 0) is 18.6 Å². The number of terminal acetylenes is 1. The van der Waals surface area contributed by atoms with Gasteiger partial charge >= 0.3 is 0 Å². The van der Waals surface area contributed by atoms with E-state index >= 15 is 0 Å². The van der Waals surface area contributed by atoms with Crippen molar-refractivity contribution in [3.63, 3.8) is 0 Å². The molecule has 0 fully saturated rings. The van der Waals surface area contributed by atoms with Gasteiger partial charge in [0.2, 0.25) is 0 Å². The molecule has 0 aliphatic carbocycles. The van der Waals surface area contributed by atoms with E-state index in [4.69, 9.17) is 35.4 Å². The Morgan fingerprint density at radius 1 is 1.39 bits per heavy atom. The lowest BCUT2D eigenvalue weighted by molar-refractivity contribution is 0.476. The van der Waals surface area contributed by atoms with Crippen molar-refractivity contribution >= 4 is 23.2 Å². The summed E-state index contributed by atoms with van der Waals surface area (Å²) in [5, 5.41) is 4.54. The Kier molecular flexibility index (Phi) is 6.52. The van der Waals surface area contributed by atoms with E-state index in [1.807, 2.05) is 6.07 Å². The maximum absolute atomic E-state index is 6.18. The number of nitrogens with one attached hydrogen (secondary N) is 1. The Morgan fingerprint density at radius 2 is 2.00 bits per heavy atom. The van der Waals surface area contributed by atoms with Crippen LogP contribution < -0.4 is 11.1 Å². The van der Waals surface area contributed by atoms with E-state index in [9.17, 15) is 0 Å². The summed E-state index contributed by atoms with van der Waals surface area (Å²) >= 11 is 12.4. The fourth-order valence-corrected chi connectivity index (χ4v) is 2.52. The lowest BCUT2D eigenvalue weighted by Gasteiger charge is -2.23. The van der Waals surface area contributed by atoms with Gasteiger partial charge < -0.3 is 5.73 Å². The first kappa shape index (κ1) is 15.3. The van der Waals surface area contributed by atoms with Crippen LogP contribution >= 0.6 is 23.2 Å². The molecule has 0 spiro atoms. The van der Waals surface area contributed by atoms with Crippen molar-refractivity contribution in [1.82, 2.24) is 5.32 Å². The standard InChI is InChI=1S/C14H18Cl2N2/c1-3-6-10(4-2)18-13(9-17)14-11(15)7-5-8-12(14)16/h2,5,7-8,10,13,18H,3,6,9,17H2,1H3. The number of nitrogens with two attached hydrogens (primary N) is 1. The largest absolute Gasteiger partial charge is 0.329 e. The number of hydrogen-bond acceptors (Lipinski definition) is 2. The zero-order chi connectivity index (χ0) is 13.5. The molecule has 2 nitrogen and oxygen atoms in total. The highest BCUT2D eigenvalue weighted by atomic mass is 35.5. The average molecular weight is 285 g/mol. The molecular weight excluding hydrogens is 267 g/mol. The van der Waals surface area contributed by atoms with Crippen molar-refractivity contribution in [1.29, 1.82) is 0 Å². The third-order valence-corrected chi connectivity index (χ3v) is 3.42. The molecule has 0 aromatic heterocycles. The van der Waals surface area contributed by atoms with Crippen molar-refractivity contribution < 1.29 is 0 Å². The van der Waals surface area contributed by atoms with E-state index < -0.39 is 0 Å². The third kappa shape index (κ3) is 3.90. The number of hydrogen-bond donors (Lipinski definition) is 2. The van der Waals surface area contributed by atoms with Crippen molar-refractivity contribution in [2.75, 3.05) is 6.54 Å². The minimum Gasteiger partial charge on any atom is -0.329 e. The van der Waals surface area contributed by atoms with Gasteiger partial charge in [0.15, 0.2) is 0 Å². The summed E-state index contributed by atoms with van der Waals surface area (Å²) in [6, 6.07) is 5.27. The van der Waals surface area contributed by atoms with Gasteiger partial charge in [-0.15, -0.1) is 6.42 Å². The molecule has 0 amide bonds. The smallest absolute Gasteiger partial charge is 0.0692 e. The Morgan fingerprint density at radius 3 is 2.44 bits per heavy atom. The highest BCUT2D eigenvalue weighted by molar-refractivity contribution is 6.36. The van der Waals surface area contributed by atoms with Crippen LogP contribution in [0.25, 0.3) is 0 Å². The van der Waals surface area contributed by atoms with Crippen LogP contribution in [0.2, 0.25) is 10.0 Å². The van der Waals surface area contributed by atoms with Crippen molar-refractivity contribution in [2.45, 2.75) is 31.8 Å². The molecule has 98 valence electrons. The van der Waals surface area contributed by atoms with E-state index in [1.54, 1.807) is 12.1 Å². The van der Waals surface area contributed by atoms with E-state index in [2.05, 4.69) is 18.2 Å². The minimum atomic E-state index is -0.126. The fourth-order valence-electron chi connectivity index (χ4n) is 1.86. The Bertz CT molecular complexity index is 406. The molecule has 0 radical (unpaired) electrons. The van der Waals surface area contributed by atoms with Crippen LogP contribution in [0, 0.1) is 12.3 Å². The zero-order valence-corrected chi connectivity index (χ0v) is 11.9. The quantitative estimate of drug-likeness (QED) is 0.786. The molecule has 0 saturated heterocycles. The zero-order valence-electron chi connectivity index (χ0n) is 10.4. The molecule has 0 bridgehead atoms. The van der Waals surface area contributed by atoms with Crippen LogP contribution in [0.4, 0.5) is 0 Å². The first-order valence-corrected chi connectivity index (χ1v) is 6.75. The summed E-state index contributed by atoms with van der Waals surface area (Å²) in [7, 11) is 0. The normalized spacial score (nSPS) is 13.9. The number of halogens is 2. The van der Waals surface area contributed by atoms with Crippen molar-refractivity contribution in [3.05, 3.63) is 33.8 Å². The van der Waals surface area contributed by atoms with Gasteiger partial charge in [0.1, 0.15) is 0 Å². The summed E-state index contributed by atoms with van der Waals surface area (Å²) < 4.78 is 0. The molecule has 2 atom stereocenters. The fraction of sp³-hybridized carbons (Fsp3) is 0.429. The summed E-state index contributed by atoms with van der Waals surface area (Å²) in [5.41, 5.74) is 6.61. The van der Waals surface area contributed by atoms with E-state index in [0.29, 0.717) is 16.6 Å². The van der Waals surface area contributed by atoms with Crippen molar-refractivity contribution in [3.8, 4) is 12.3 Å². The lowest BCUT2D eigenvalue weighted by atomic mass is 10.0. The SMILES string of the molecule is C#CC(CCC)NC(CN)c1c(Cl)cccc1Cl.